The molecule has 0 radical (unpaired) electrons. The number of hydrogen-bond acceptors (Lipinski definition) is 3. The summed E-state index contributed by atoms with van der Waals surface area (Å²) in [7, 11) is 0. The molecule has 2 fully saturated rings. The first kappa shape index (κ1) is 9.93. The van der Waals surface area contributed by atoms with Crippen LogP contribution < -0.4 is 4.90 Å². The highest BCUT2D eigenvalue weighted by Gasteiger charge is 2.78. The summed E-state index contributed by atoms with van der Waals surface area (Å²) < 4.78 is 27.0. The maximum Gasteiger partial charge on any atom is 0.259 e. The van der Waals surface area contributed by atoms with E-state index < -0.39 is 17.3 Å². The molecule has 2 atom stereocenters. The normalized spacial score (nSPS) is 35.7. The maximum absolute atomic E-state index is 13.5. The molecule has 0 unspecified atom stereocenters. The van der Waals surface area contributed by atoms with Crippen molar-refractivity contribution in [2.24, 2.45) is 11.3 Å². The van der Waals surface area contributed by atoms with E-state index >= 15 is 0 Å². The second-order valence-corrected chi connectivity index (χ2v) is 4.84. The molecule has 1 saturated carbocycles. The Labute approximate surface area is 92.5 Å². The fraction of sp³-hybridized carbons (Fsp3) is 0.636. The quantitative estimate of drug-likeness (QED) is 0.731. The molecule has 1 aromatic heterocycles. The summed E-state index contributed by atoms with van der Waals surface area (Å²) >= 11 is 0. The van der Waals surface area contributed by atoms with Crippen LogP contribution in [0.1, 0.15) is 13.3 Å². The molecule has 1 aliphatic carbocycles. The first-order chi connectivity index (χ1) is 7.56. The topological polar surface area (TPSA) is 29.0 Å². The number of fused-ring (bicyclic) bond motifs is 1. The van der Waals surface area contributed by atoms with Gasteiger partial charge < -0.3 is 4.90 Å². The van der Waals surface area contributed by atoms with E-state index in [-0.39, 0.29) is 0 Å². The Morgan fingerprint density at radius 3 is 2.69 bits per heavy atom. The molecular formula is C11H13F2N3. The first-order valence-corrected chi connectivity index (χ1v) is 5.45. The molecule has 1 aromatic rings. The number of piperidine rings is 1. The molecule has 1 aliphatic heterocycles. The van der Waals surface area contributed by atoms with Gasteiger partial charge in [-0.2, -0.15) is 0 Å². The summed E-state index contributed by atoms with van der Waals surface area (Å²) in [5.74, 6) is -2.47. The average molecular weight is 225 g/mol. The molecule has 86 valence electrons. The smallest absolute Gasteiger partial charge is 0.259 e. The molecule has 0 bridgehead atoms. The minimum atomic E-state index is -2.50. The minimum Gasteiger partial charge on any atom is -0.340 e. The molecular weight excluding hydrogens is 212 g/mol. The van der Waals surface area contributed by atoms with Crippen LogP contribution in [0.2, 0.25) is 0 Å². The number of rotatable bonds is 1. The van der Waals surface area contributed by atoms with Crippen molar-refractivity contribution in [3.05, 3.63) is 18.5 Å². The van der Waals surface area contributed by atoms with Crippen molar-refractivity contribution in [1.82, 2.24) is 9.97 Å². The van der Waals surface area contributed by atoms with E-state index in [0.29, 0.717) is 25.5 Å². The Bertz CT molecular complexity index is 409. The maximum atomic E-state index is 13.5. The lowest BCUT2D eigenvalue weighted by Crippen LogP contribution is -2.35. The number of alkyl halides is 2. The van der Waals surface area contributed by atoms with Crippen LogP contribution in [-0.4, -0.2) is 29.0 Å². The van der Waals surface area contributed by atoms with Gasteiger partial charge in [0, 0.05) is 30.9 Å². The Hall–Kier alpha value is -1.26. The van der Waals surface area contributed by atoms with Crippen LogP contribution in [-0.2, 0) is 0 Å². The summed E-state index contributed by atoms with van der Waals surface area (Å²) in [6.07, 6.45) is 3.80. The highest BCUT2D eigenvalue weighted by Crippen LogP contribution is 2.69. The fourth-order valence-electron chi connectivity index (χ4n) is 2.65. The zero-order valence-corrected chi connectivity index (χ0v) is 9.03. The van der Waals surface area contributed by atoms with E-state index in [1.807, 2.05) is 4.90 Å². The fourth-order valence-corrected chi connectivity index (χ4v) is 2.65. The van der Waals surface area contributed by atoms with Crippen molar-refractivity contribution in [3.63, 3.8) is 0 Å². The van der Waals surface area contributed by atoms with Crippen molar-refractivity contribution < 1.29 is 8.78 Å². The van der Waals surface area contributed by atoms with Gasteiger partial charge in [-0.05, 0) is 12.5 Å². The van der Waals surface area contributed by atoms with Gasteiger partial charge in [0.05, 0.1) is 5.92 Å². The zero-order chi connectivity index (χ0) is 11.4. The van der Waals surface area contributed by atoms with Gasteiger partial charge in [-0.1, -0.05) is 6.92 Å². The number of anilines is 1. The molecule has 1 saturated heterocycles. The zero-order valence-electron chi connectivity index (χ0n) is 9.03. The van der Waals surface area contributed by atoms with Gasteiger partial charge in [-0.15, -0.1) is 0 Å². The van der Waals surface area contributed by atoms with E-state index in [1.165, 1.54) is 0 Å². The second kappa shape index (κ2) is 2.90. The predicted molar refractivity (Wildman–Crippen MR) is 55.4 cm³/mol. The molecule has 0 aromatic carbocycles. The van der Waals surface area contributed by atoms with Crippen LogP contribution in [0.5, 0.6) is 0 Å². The van der Waals surface area contributed by atoms with Gasteiger partial charge in [0.15, 0.2) is 0 Å². The van der Waals surface area contributed by atoms with Crippen LogP contribution in [0.3, 0.4) is 0 Å². The van der Waals surface area contributed by atoms with E-state index in [4.69, 9.17) is 0 Å². The third-order valence-electron chi connectivity index (χ3n) is 4.02. The highest BCUT2D eigenvalue weighted by atomic mass is 19.3. The third kappa shape index (κ3) is 1.11. The lowest BCUT2D eigenvalue weighted by atomic mass is 9.98. The highest BCUT2D eigenvalue weighted by molar-refractivity contribution is 5.35. The largest absolute Gasteiger partial charge is 0.340 e. The molecule has 0 N–H and O–H groups in total. The Morgan fingerprint density at radius 1 is 1.38 bits per heavy atom. The van der Waals surface area contributed by atoms with Crippen LogP contribution in [0.15, 0.2) is 18.5 Å². The monoisotopic (exact) mass is 225 g/mol. The number of aromatic nitrogens is 2. The summed E-state index contributed by atoms with van der Waals surface area (Å²) in [4.78, 5) is 10.0. The first-order valence-electron chi connectivity index (χ1n) is 5.45. The van der Waals surface area contributed by atoms with Gasteiger partial charge in [0.25, 0.3) is 5.92 Å². The standard InChI is InChI=1S/C11H13F2N3/c1-10-3-6-16(7-8(10)11(10,12)13)9-14-4-2-5-15-9/h2,4-5,8H,3,6-7H2,1H3/t8-,10-/m0/s1. The molecule has 2 heterocycles. The van der Waals surface area contributed by atoms with Crippen molar-refractivity contribution in [1.29, 1.82) is 0 Å². The lowest BCUT2D eigenvalue weighted by Gasteiger charge is -2.28. The van der Waals surface area contributed by atoms with Gasteiger partial charge in [-0.3, -0.25) is 0 Å². The molecule has 5 heteroatoms. The number of nitrogens with zero attached hydrogens (tertiary/aromatic N) is 3. The van der Waals surface area contributed by atoms with Crippen molar-refractivity contribution >= 4 is 5.95 Å². The predicted octanol–water partition coefficient (Wildman–Crippen LogP) is 1.96. The van der Waals surface area contributed by atoms with Crippen molar-refractivity contribution in [3.8, 4) is 0 Å². The van der Waals surface area contributed by atoms with Gasteiger partial charge >= 0.3 is 0 Å². The molecule has 0 amide bonds. The van der Waals surface area contributed by atoms with E-state index in [2.05, 4.69) is 9.97 Å². The molecule has 2 aliphatic rings. The summed E-state index contributed by atoms with van der Waals surface area (Å²) in [6, 6.07) is 1.73. The van der Waals surface area contributed by atoms with Crippen molar-refractivity contribution in [2.45, 2.75) is 19.3 Å². The SMILES string of the molecule is C[C@]12CCN(c3ncccn3)C[C@@H]1C2(F)F. The lowest BCUT2D eigenvalue weighted by molar-refractivity contribution is 0.0636. The van der Waals surface area contributed by atoms with Gasteiger partial charge in [0.2, 0.25) is 5.95 Å². The Morgan fingerprint density at radius 2 is 2.06 bits per heavy atom. The summed E-state index contributed by atoms with van der Waals surface area (Å²) in [6.45, 7) is 2.67. The molecule has 3 rings (SSSR count). The number of halogens is 2. The van der Waals surface area contributed by atoms with Crippen LogP contribution in [0, 0.1) is 11.3 Å². The van der Waals surface area contributed by atoms with Crippen LogP contribution >= 0.6 is 0 Å². The van der Waals surface area contributed by atoms with E-state index in [9.17, 15) is 8.78 Å². The van der Waals surface area contributed by atoms with E-state index in [1.54, 1.807) is 25.4 Å². The van der Waals surface area contributed by atoms with E-state index in [0.717, 1.165) is 0 Å². The molecule has 0 spiro atoms. The molecule has 16 heavy (non-hydrogen) atoms. The third-order valence-corrected chi connectivity index (χ3v) is 4.02. The summed E-state index contributed by atoms with van der Waals surface area (Å²) in [5.41, 5.74) is -0.779. The second-order valence-electron chi connectivity index (χ2n) is 4.84. The van der Waals surface area contributed by atoms with Crippen LogP contribution in [0.25, 0.3) is 0 Å². The minimum absolute atomic E-state index is 0.369. The number of hydrogen-bond donors (Lipinski definition) is 0. The molecule has 3 nitrogen and oxygen atoms in total. The Kier molecular flexibility index (Phi) is 1.80. The summed E-state index contributed by atoms with van der Waals surface area (Å²) in [5, 5.41) is 0. The average Bonchev–Trinajstić information content (AvgIpc) is 2.74. The van der Waals surface area contributed by atoms with Crippen LogP contribution in [0.4, 0.5) is 14.7 Å². The van der Waals surface area contributed by atoms with Gasteiger partial charge in [0.1, 0.15) is 0 Å². The van der Waals surface area contributed by atoms with Gasteiger partial charge in [-0.25, -0.2) is 18.7 Å². The van der Waals surface area contributed by atoms with Crippen molar-refractivity contribution in [2.75, 3.05) is 18.0 Å². The Balaban J connectivity index is 1.80.